The summed E-state index contributed by atoms with van der Waals surface area (Å²) in [5.74, 6) is 2.19. The highest BCUT2D eigenvalue weighted by molar-refractivity contribution is 7.99. The van der Waals surface area contributed by atoms with Crippen LogP contribution >= 0.6 is 11.8 Å². The Kier molecular flexibility index (Phi) is 5.18. The monoisotopic (exact) mass is 202 g/mol. The van der Waals surface area contributed by atoms with Gasteiger partial charge in [0.25, 0.3) is 0 Å². The first-order valence-electron chi connectivity index (χ1n) is 5.57. The van der Waals surface area contributed by atoms with Crippen molar-refractivity contribution in [3.63, 3.8) is 0 Å². The van der Waals surface area contributed by atoms with Gasteiger partial charge in [0.15, 0.2) is 0 Å². The quantitative estimate of drug-likeness (QED) is 0.691. The van der Waals surface area contributed by atoms with Gasteiger partial charge in [-0.1, -0.05) is 32.6 Å². The van der Waals surface area contributed by atoms with Crippen LogP contribution in [0.15, 0.2) is 0 Å². The first-order chi connectivity index (χ1) is 6.27. The van der Waals surface area contributed by atoms with Crippen molar-refractivity contribution in [2.75, 3.05) is 11.5 Å². The van der Waals surface area contributed by atoms with Gasteiger partial charge >= 0.3 is 0 Å². The van der Waals surface area contributed by atoms with Crippen molar-refractivity contribution in [3.8, 4) is 0 Å². The molecule has 0 aromatic rings. The van der Waals surface area contributed by atoms with Crippen LogP contribution in [-0.2, 0) is 0 Å². The second-order valence-corrected chi connectivity index (χ2v) is 5.30. The molecule has 1 aliphatic rings. The number of hydrogen-bond donors (Lipinski definition) is 1. The van der Waals surface area contributed by atoms with E-state index in [1.54, 1.807) is 0 Å². The number of aliphatic hydroxyl groups is 1. The van der Waals surface area contributed by atoms with Crippen molar-refractivity contribution >= 4 is 11.8 Å². The van der Waals surface area contributed by atoms with Gasteiger partial charge in [-0.3, -0.25) is 0 Å². The number of rotatable bonds is 5. The van der Waals surface area contributed by atoms with Gasteiger partial charge < -0.3 is 5.11 Å². The van der Waals surface area contributed by atoms with Crippen molar-refractivity contribution in [2.45, 2.75) is 57.5 Å². The molecule has 1 N–H and O–H groups in total. The fourth-order valence-electron chi connectivity index (χ4n) is 1.86. The van der Waals surface area contributed by atoms with Crippen LogP contribution in [0.4, 0.5) is 0 Å². The van der Waals surface area contributed by atoms with E-state index < -0.39 is 0 Å². The smallest absolute Gasteiger partial charge is 0.0737 e. The van der Waals surface area contributed by atoms with E-state index in [9.17, 15) is 5.11 Å². The summed E-state index contributed by atoms with van der Waals surface area (Å²) in [6.07, 6.45) is 8.40. The predicted octanol–water partition coefficient (Wildman–Crippen LogP) is 3.21. The zero-order valence-electron chi connectivity index (χ0n) is 8.72. The second kappa shape index (κ2) is 5.92. The van der Waals surface area contributed by atoms with Crippen LogP contribution in [0, 0.1) is 0 Å². The minimum Gasteiger partial charge on any atom is -0.389 e. The summed E-state index contributed by atoms with van der Waals surface area (Å²) < 4.78 is 0. The van der Waals surface area contributed by atoms with E-state index in [0.29, 0.717) is 0 Å². The number of thioether (sulfide) groups is 1. The van der Waals surface area contributed by atoms with Gasteiger partial charge in [-0.25, -0.2) is 0 Å². The van der Waals surface area contributed by atoms with Crippen molar-refractivity contribution in [1.29, 1.82) is 0 Å². The van der Waals surface area contributed by atoms with Gasteiger partial charge in [0.1, 0.15) is 0 Å². The Bertz CT molecular complexity index is 130. The van der Waals surface area contributed by atoms with E-state index in [-0.39, 0.29) is 5.60 Å². The molecule has 0 saturated heterocycles. The topological polar surface area (TPSA) is 20.2 Å². The lowest BCUT2D eigenvalue weighted by atomic mass is 9.86. The van der Waals surface area contributed by atoms with Gasteiger partial charge in [0.2, 0.25) is 0 Å². The first kappa shape index (κ1) is 11.4. The molecule has 1 saturated carbocycles. The lowest BCUT2D eigenvalue weighted by molar-refractivity contribution is 0.0273. The molecule has 13 heavy (non-hydrogen) atoms. The zero-order valence-corrected chi connectivity index (χ0v) is 9.54. The normalized spacial score (nSPS) is 21.7. The van der Waals surface area contributed by atoms with E-state index in [2.05, 4.69) is 6.92 Å². The maximum Gasteiger partial charge on any atom is 0.0737 e. The Labute approximate surface area is 86.3 Å². The molecule has 2 heteroatoms. The third-order valence-electron chi connectivity index (χ3n) is 2.80. The van der Waals surface area contributed by atoms with Crippen molar-refractivity contribution in [2.24, 2.45) is 0 Å². The lowest BCUT2D eigenvalue weighted by Gasteiger charge is -2.31. The summed E-state index contributed by atoms with van der Waals surface area (Å²) in [6, 6.07) is 0. The number of unbranched alkanes of at least 4 members (excludes halogenated alkanes) is 1. The molecule has 1 aliphatic carbocycles. The van der Waals surface area contributed by atoms with Crippen LogP contribution in [0.2, 0.25) is 0 Å². The summed E-state index contributed by atoms with van der Waals surface area (Å²) in [6.45, 7) is 2.22. The summed E-state index contributed by atoms with van der Waals surface area (Å²) in [5, 5.41) is 10.1. The molecule has 0 unspecified atom stereocenters. The molecule has 0 spiro atoms. The maximum absolute atomic E-state index is 10.1. The highest BCUT2D eigenvalue weighted by atomic mass is 32.2. The van der Waals surface area contributed by atoms with Gasteiger partial charge in [0.05, 0.1) is 5.60 Å². The minimum absolute atomic E-state index is 0.309. The molecule has 1 nitrogen and oxygen atoms in total. The fourth-order valence-corrected chi connectivity index (χ4v) is 3.17. The third-order valence-corrected chi connectivity index (χ3v) is 4.12. The van der Waals surface area contributed by atoms with Crippen LogP contribution in [0.25, 0.3) is 0 Å². The molecule has 78 valence electrons. The number of hydrogen-bond acceptors (Lipinski definition) is 2. The molecule has 0 atom stereocenters. The van der Waals surface area contributed by atoms with E-state index in [4.69, 9.17) is 0 Å². The highest BCUT2D eigenvalue weighted by Crippen LogP contribution is 2.31. The molecule has 0 amide bonds. The predicted molar refractivity (Wildman–Crippen MR) is 60.3 cm³/mol. The molecule has 0 aliphatic heterocycles. The van der Waals surface area contributed by atoms with Crippen molar-refractivity contribution < 1.29 is 5.11 Å². The van der Waals surface area contributed by atoms with Crippen molar-refractivity contribution in [1.82, 2.24) is 0 Å². The standard InChI is InChI=1S/C11H22OS/c1-2-3-9-13-10-11(12)7-5-4-6-8-11/h12H,2-10H2,1H3. The Balaban J connectivity index is 2.10. The Morgan fingerprint density at radius 1 is 1.23 bits per heavy atom. The van der Waals surface area contributed by atoms with E-state index in [1.807, 2.05) is 11.8 Å². The van der Waals surface area contributed by atoms with E-state index in [0.717, 1.165) is 18.6 Å². The lowest BCUT2D eigenvalue weighted by Crippen LogP contribution is -2.34. The first-order valence-corrected chi connectivity index (χ1v) is 6.72. The molecule has 0 aromatic carbocycles. The van der Waals surface area contributed by atoms with Gasteiger partial charge in [-0.05, 0) is 25.0 Å². The van der Waals surface area contributed by atoms with E-state index in [1.165, 1.54) is 37.9 Å². The van der Waals surface area contributed by atoms with Crippen LogP contribution in [0.3, 0.4) is 0 Å². The molecule has 0 radical (unpaired) electrons. The Morgan fingerprint density at radius 3 is 2.54 bits per heavy atom. The molecular weight excluding hydrogens is 180 g/mol. The molecule has 0 heterocycles. The van der Waals surface area contributed by atoms with Crippen LogP contribution < -0.4 is 0 Å². The summed E-state index contributed by atoms with van der Waals surface area (Å²) in [7, 11) is 0. The third kappa shape index (κ3) is 4.37. The van der Waals surface area contributed by atoms with E-state index >= 15 is 0 Å². The SMILES string of the molecule is CCCCSCC1(O)CCCCC1. The average Bonchev–Trinajstić information content (AvgIpc) is 2.14. The zero-order chi connectivity index (χ0) is 9.57. The fraction of sp³-hybridized carbons (Fsp3) is 1.00. The maximum atomic E-state index is 10.1. The minimum atomic E-state index is -0.309. The van der Waals surface area contributed by atoms with Crippen LogP contribution in [0.1, 0.15) is 51.9 Å². The largest absolute Gasteiger partial charge is 0.389 e. The van der Waals surface area contributed by atoms with Gasteiger partial charge in [-0.15, -0.1) is 0 Å². The Hall–Kier alpha value is 0.310. The summed E-state index contributed by atoms with van der Waals surface area (Å²) in [5.41, 5.74) is -0.309. The summed E-state index contributed by atoms with van der Waals surface area (Å²) in [4.78, 5) is 0. The second-order valence-electron chi connectivity index (χ2n) is 4.19. The van der Waals surface area contributed by atoms with Crippen molar-refractivity contribution in [3.05, 3.63) is 0 Å². The highest BCUT2D eigenvalue weighted by Gasteiger charge is 2.28. The molecule has 0 aromatic heterocycles. The van der Waals surface area contributed by atoms with Crippen LogP contribution in [-0.4, -0.2) is 22.2 Å². The molecule has 1 fully saturated rings. The molecule has 0 bridgehead atoms. The average molecular weight is 202 g/mol. The Morgan fingerprint density at radius 2 is 1.92 bits per heavy atom. The van der Waals surface area contributed by atoms with Crippen LogP contribution in [0.5, 0.6) is 0 Å². The van der Waals surface area contributed by atoms with Gasteiger partial charge in [-0.2, -0.15) is 11.8 Å². The summed E-state index contributed by atoms with van der Waals surface area (Å²) >= 11 is 1.93. The van der Waals surface area contributed by atoms with Gasteiger partial charge in [0, 0.05) is 5.75 Å². The molecular formula is C11H22OS. The molecule has 1 rings (SSSR count).